The molecule has 0 bridgehead atoms. The number of halogens is 2. The van der Waals surface area contributed by atoms with Crippen LogP contribution in [0.1, 0.15) is 21.6 Å². The van der Waals surface area contributed by atoms with E-state index in [1.807, 2.05) is 6.07 Å². The molecule has 25 heavy (non-hydrogen) atoms. The van der Waals surface area contributed by atoms with E-state index >= 15 is 0 Å². The molecule has 0 aliphatic rings. The molecule has 0 spiro atoms. The van der Waals surface area contributed by atoms with Crippen LogP contribution in [0.15, 0.2) is 40.1 Å². The van der Waals surface area contributed by atoms with Crippen molar-refractivity contribution in [1.29, 1.82) is 0 Å². The Morgan fingerprint density at radius 2 is 1.56 bits per heavy atom. The number of H-pyrrole nitrogens is 1. The summed E-state index contributed by atoms with van der Waals surface area (Å²) in [6, 6.07) is 7.83. The third-order valence-electron chi connectivity index (χ3n) is 3.81. The van der Waals surface area contributed by atoms with Gasteiger partial charge in [-0.25, -0.2) is 8.42 Å². The number of hydrogen-bond donors (Lipinski definition) is 2. The van der Waals surface area contributed by atoms with Gasteiger partial charge >= 0.3 is 0 Å². The fourth-order valence-electron chi connectivity index (χ4n) is 2.82. The molecule has 0 aliphatic carbocycles. The highest BCUT2D eigenvalue weighted by Crippen LogP contribution is 2.36. The molecule has 3 rings (SSSR count). The van der Waals surface area contributed by atoms with Gasteiger partial charge < -0.3 is 10.7 Å². The summed E-state index contributed by atoms with van der Waals surface area (Å²) in [5, 5.41) is 0.685. The van der Waals surface area contributed by atoms with Gasteiger partial charge in [0.15, 0.2) is 0 Å². The van der Waals surface area contributed by atoms with Gasteiger partial charge in [-0.3, -0.25) is 4.79 Å². The monoisotopic (exact) mass is 396 g/mol. The lowest BCUT2D eigenvalue weighted by Crippen LogP contribution is -2.16. The fourth-order valence-corrected chi connectivity index (χ4v) is 4.95. The normalized spacial score (nSPS) is 11.8. The van der Waals surface area contributed by atoms with Gasteiger partial charge in [-0.1, -0.05) is 29.3 Å². The van der Waals surface area contributed by atoms with Crippen molar-refractivity contribution in [3.05, 3.63) is 57.2 Å². The predicted octanol–water partition coefficient (Wildman–Crippen LogP) is 4.02. The number of primary amides is 1. The highest BCUT2D eigenvalue weighted by Gasteiger charge is 2.29. The number of fused-ring (bicyclic) bond motifs is 1. The van der Waals surface area contributed by atoms with E-state index in [2.05, 4.69) is 4.98 Å². The Balaban J connectivity index is 2.42. The number of aryl methyl sites for hydroxylation is 2. The van der Waals surface area contributed by atoms with E-state index < -0.39 is 15.7 Å². The van der Waals surface area contributed by atoms with E-state index in [0.29, 0.717) is 5.52 Å². The van der Waals surface area contributed by atoms with E-state index in [4.69, 9.17) is 28.9 Å². The molecule has 1 amide bonds. The van der Waals surface area contributed by atoms with Gasteiger partial charge in [0, 0.05) is 10.9 Å². The van der Waals surface area contributed by atoms with Crippen LogP contribution in [-0.4, -0.2) is 19.3 Å². The van der Waals surface area contributed by atoms with Crippen molar-refractivity contribution < 1.29 is 13.2 Å². The van der Waals surface area contributed by atoms with E-state index in [1.54, 1.807) is 26.0 Å². The van der Waals surface area contributed by atoms with Gasteiger partial charge in [0.05, 0.1) is 14.9 Å². The highest BCUT2D eigenvalue weighted by molar-refractivity contribution is 7.91. The van der Waals surface area contributed by atoms with Crippen molar-refractivity contribution >= 4 is 49.8 Å². The second-order valence-corrected chi connectivity index (χ2v) is 8.53. The molecule has 0 radical (unpaired) electrons. The minimum absolute atomic E-state index is 0.0828. The second kappa shape index (κ2) is 6.05. The molecule has 0 unspecified atom stereocenters. The zero-order chi connectivity index (χ0) is 18.5. The number of nitrogens with two attached hydrogens (primary N) is 1. The van der Waals surface area contributed by atoms with Crippen molar-refractivity contribution in [3.8, 4) is 0 Å². The zero-order valence-corrected chi connectivity index (χ0v) is 15.7. The third kappa shape index (κ3) is 3.01. The van der Waals surface area contributed by atoms with Gasteiger partial charge in [0.1, 0.15) is 10.6 Å². The summed E-state index contributed by atoms with van der Waals surface area (Å²) < 4.78 is 26.5. The summed E-state index contributed by atoms with van der Waals surface area (Å²) in [4.78, 5) is 14.5. The van der Waals surface area contributed by atoms with Crippen molar-refractivity contribution in [2.45, 2.75) is 23.6 Å². The summed E-state index contributed by atoms with van der Waals surface area (Å²) >= 11 is 12.0. The van der Waals surface area contributed by atoms with Crippen LogP contribution in [0.25, 0.3) is 10.9 Å². The number of amides is 1. The Bertz CT molecular complexity index is 1110. The average Bonchev–Trinajstić information content (AvgIpc) is 2.86. The summed E-state index contributed by atoms with van der Waals surface area (Å²) in [6.45, 7) is 3.60. The van der Waals surface area contributed by atoms with E-state index in [9.17, 15) is 13.2 Å². The van der Waals surface area contributed by atoms with E-state index in [-0.39, 0.29) is 30.9 Å². The number of aromatic amines is 1. The lowest BCUT2D eigenvalue weighted by molar-refractivity contribution is 0.0993. The molecule has 1 aromatic heterocycles. The molecule has 1 heterocycles. The number of sulfone groups is 1. The molecule has 3 N–H and O–H groups in total. The molecule has 0 saturated heterocycles. The van der Waals surface area contributed by atoms with E-state index in [1.165, 1.54) is 12.1 Å². The maximum absolute atomic E-state index is 13.2. The first kappa shape index (κ1) is 17.8. The van der Waals surface area contributed by atoms with Crippen LogP contribution in [0, 0.1) is 13.8 Å². The maximum Gasteiger partial charge on any atom is 0.266 e. The number of hydrogen-bond acceptors (Lipinski definition) is 3. The molecule has 0 aliphatic heterocycles. The molecule has 130 valence electrons. The standard InChI is InChI=1S/C17H14Cl2N2O3S/c1-8-3-9(2)5-10(4-8)25(23,24)16-11-6-12(18)13(19)7-14(11)21-15(16)17(20)22/h3-7,21H,1-2H3,(H2,20,22). The Morgan fingerprint density at radius 3 is 2.12 bits per heavy atom. The lowest BCUT2D eigenvalue weighted by Gasteiger charge is -2.08. The minimum atomic E-state index is -4.01. The zero-order valence-electron chi connectivity index (χ0n) is 13.4. The SMILES string of the molecule is Cc1cc(C)cc(S(=O)(=O)c2c(C(N)=O)[nH]c3cc(Cl)c(Cl)cc23)c1. The number of rotatable bonds is 3. The molecular formula is C17H14Cl2N2O3S. The van der Waals surface area contributed by atoms with Crippen LogP contribution in [-0.2, 0) is 9.84 Å². The largest absolute Gasteiger partial charge is 0.364 e. The molecule has 0 atom stereocenters. The maximum atomic E-state index is 13.2. The summed E-state index contributed by atoms with van der Waals surface area (Å²) in [5.74, 6) is -0.883. The van der Waals surface area contributed by atoms with Gasteiger partial charge in [-0.2, -0.15) is 0 Å². The smallest absolute Gasteiger partial charge is 0.266 e. The minimum Gasteiger partial charge on any atom is -0.364 e. The van der Waals surface area contributed by atoms with Crippen LogP contribution in [0.4, 0.5) is 0 Å². The second-order valence-electron chi connectivity index (χ2n) is 5.83. The first-order valence-electron chi connectivity index (χ1n) is 7.25. The van der Waals surface area contributed by atoms with Crippen LogP contribution in [0.3, 0.4) is 0 Å². The highest BCUT2D eigenvalue weighted by atomic mass is 35.5. The quantitative estimate of drug-likeness (QED) is 0.699. The molecule has 8 heteroatoms. The van der Waals surface area contributed by atoms with Crippen molar-refractivity contribution in [2.24, 2.45) is 5.73 Å². The summed E-state index contributed by atoms with van der Waals surface area (Å²) in [7, 11) is -4.01. The number of aromatic nitrogens is 1. The van der Waals surface area contributed by atoms with Crippen LogP contribution < -0.4 is 5.73 Å². The average molecular weight is 397 g/mol. The molecular weight excluding hydrogens is 383 g/mol. The molecule has 0 saturated carbocycles. The van der Waals surface area contributed by atoms with Crippen LogP contribution in [0.2, 0.25) is 10.0 Å². The van der Waals surface area contributed by atoms with Gasteiger partial charge in [-0.15, -0.1) is 0 Å². The molecule has 0 fully saturated rings. The molecule has 2 aromatic carbocycles. The van der Waals surface area contributed by atoms with Crippen molar-refractivity contribution in [3.63, 3.8) is 0 Å². The number of nitrogens with one attached hydrogen (secondary N) is 1. The number of carbonyl (C=O) groups is 1. The number of carbonyl (C=O) groups excluding carboxylic acids is 1. The van der Waals surface area contributed by atoms with Crippen LogP contribution in [0.5, 0.6) is 0 Å². The topological polar surface area (TPSA) is 93.0 Å². The van der Waals surface area contributed by atoms with Gasteiger partial charge in [-0.05, 0) is 49.2 Å². The first-order valence-corrected chi connectivity index (χ1v) is 9.49. The molecule has 3 aromatic rings. The van der Waals surface area contributed by atoms with E-state index in [0.717, 1.165) is 11.1 Å². The predicted molar refractivity (Wildman–Crippen MR) is 98.2 cm³/mol. The van der Waals surface area contributed by atoms with Crippen LogP contribution >= 0.6 is 23.2 Å². The summed E-state index contributed by atoms with van der Waals surface area (Å²) in [6.07, 6.45) is 0. The van der Waals surface area contributed by atoms with Crippen molar-refractivity contribution in [1.82, 2.24) is 4.98 Å². The Morgan fingerprint density at radius 1 is 1.00 bits per heavy atom. The van der Waals surface area contributed by atoms with Crippen molar-refractivity contribution in [2.75, 3.05) is 0 Å². The third-order valence-corrected chi connectivity index (χ3v) is 6.35. The molecule has 5 nitrogen and oxygen atoms in total. The summed E-state index contributed by atoms with van der Waals surface area (Å²) in [5.41, 5.74) is 7.14. The fraction of sp³-hybridized carbons (Fsp3) is 0.118. The Labute approximate surface area is 154 Å². The van der Waals surface area contributed by atoms with Gasteiger partial charge in [0.25, 0.3) is 5.91 Å². The lowest BCUT2D eigenvalue weighted by atomic mass is 10.2. The Kier molecular flexibility index (Phi) is 4.31. The Hall–Kier alpha value is -2.02. The van der Waals surface area contributed by atoms with Gasteiger partial charge in [0.2, 0.25) is 9.84 Å². The number of benzene rings is 2. The first-order chi connectivity index (χ1) is 11.6.